The van der Waals surface area contributed by atoms with E-state index in [0.717, 1.165) is 29.9 Å². The highest BCUT2D eigenvalue weighted by Gasteiger charge is 2.15. The number of nitrogens with zero attached hydrogens (tertiary/aromatic N) is 2. The molecule has 110 valence electrons. The predicted molar refractivity (Wildman–Crippen MR) is 87.5 cm³/mol. The zero-order chi connectivity index (χ0) is 14.2. The van der Waals surface area contributed by atoms with Gasteiger partial charge in [0, 0.05) is 24.5 Å². The summed E-state index contributed by atoms with van der Waals surface area (Å²) >= 11 is 7.82. The lowest BCUT2D eigenvalue weighted by Gasteiger charge is -2.14. The van der Waals surface area contributed by atoms with Crippen LogP contribution in [0, 0.1) is 0 Å². The zero-order valence-corrected chi connectivity index (χ0v) is 13.3. The maximum Gasteiger partial charge on any atom is 0.191 e. The molecule has 0 aromatic carbocycles. The Morgan fingerprint density at radius 3 is 3.05 bits per heavy atom. The zero-order valence-electron chi connectivity index (χ0n) is 11.7. The molecular weight excluding hydrogens is 292 g/mol. The number of thioether (sulfide) groups is 1. The number of halogens is 1. The van der Waals surface area contributed by atoms with Crippen molar-refractivity contribution in [3.8, 4) is 0 Å². The molecule has 0 radical (unpaired) electrons. The first-order valence-electron chi connectivity index (χ1n) is 7.02. The van der Waals surface area contributed by atoms with Crippen molar-refractivity contribution < 1.29 is 0 Å². The summed E-state index contributed by atoms with van der Waals surface area (Å²) in [5.41, 5.74) is 1.06. The SMILES string of the molecule is CCNC(=NCc1ccc(Cl)nc1)NCC1CCCS1. The molecular formula is C14H21ClN4S. The van der Waals surface area contributed by atoms with Crippen molar-refractivity contribution in [2.75, 3.05) is 18.8 Å². The van der Waals surface area contributed by atoms with Crippen LogP contribution >= 0.6 is 23.4 Å². The number of aliphatic imine (C=N–C) groups is 1. The van der Waals surface area contributed by atoms with Gasteiger partial charge in [-0.05, 0) is 37.1 Å². The Kier molecular flexibility index (Phi) is 6.47. The summed E-state index contributed by atoms with van der Waals surface area (Å²) in [7, 11) is 0. The standard InChI is InChI=1S/C14H21ClN4S/c1-2-16-14(19-10-12-4-3-7-20-12)18-9-11-5-6-13(15)17-8-11/h5-6,8,12H,2-4,7,9-10H2,1H3,(H2,16,18,19). The van der Waals surface area contributed by atoms with Gasteiger partial charge >= 0.3 is 0 Å². The molecule has 0 saturated carbocycles. The van der Waals surface area contributed by atoms with Crippen LogP contribution in [0.3, 0.4) is 0 Å². The van der Waals surface area contributed by atoms with Gasteiger partial charge in [-0.2, -0.15) is 11.8 Å². The van der Waals surface area contributed by atoms with Crippen molar-refractivity contribution in [2.24, 2.45) is 4.99 Å². The maximum atomic E-state index is 5.77. The van der Waals surface area contributed by atoms with Crippen LogP contribution in [0.15, 0.2) is 23.3 Å². The third kappa shape index (κ3) is 5.21. The largest absolute Gasteiger partial charge is 0.357 e. The predicted octanol–water partition coefficient (Wildman–Crippen LogP) is 2.69. The summed E-state index contributed by atoms with van der Waals surface area (Å²) in [5.74, 6) is 2.16. The van der Waals surface area contributed by atoms with Crippen LogP contribution in [0.4, 0.5) is 0 Å². The Hall–Kier alpha value is -0.940. The third-order valence-electron chi connectivity index (χ3n) is 3.07. The molecule has 0 spiro atoms. The summed E-state index contributed by atoms with van der Waals surface area (Å²) in [5, 5.41) is 7.92. The van der Waals surface area contributed by atoms with Crippen LogP contribution < -0.4 is 10.6 Å². The lowest BCUT2D eigenvalue weighted by Crippen LogP contribution is -2.40. The quantitative estimate of drug-likeness (QED) is 0.498. The lowest BCUT2D eigenvalue weighted by molar-refractivity contribution is 0.727. The minimum Gasteiger partial charge on any atom is -0.357 e. The topological polar surface area (TPSA) is 49.3 Å². The minimum atomic E-state index is 0.515. The average Bonchev–Trinajstić information content (AvgIpc) is 2.97. The smallest absolute Gasteiger partial charge is 0.191 e. The van der Waals surface area contributed by atoms with Crippen LogP contribution in [0.1, 0.15) is 25.3 Å². The van der Waals surface area contributed by atoms with Crippen LogP contribution in [0.2, 0.25) is 5.15 Å². The van der Waals surface area contributed by atoms with Crippen molar-refractivity contribution in [1.82, 2.24) is 15.6 Å². The molecule has 1 unspecified atom stereocenters. The van der Waals surface area contributed by atoms with E-state index in [1.807, 2.05) is 17.8 Å². The summed E-state index contributed by atoms with van der Waals surface area (Å²) in [6, 6.07) is 3.75. The van der Waals surface area contributed by atoms with Gasteiger partial charge in [-0.25, -0.2) is 9.98 Å². The molecule has 0 aliphatic carbocycles. The number of rotatable bonds is 5. The normalized spacial score (nSPS) is 19.1. The van der Waals surface area contributed by atoms with Gasteiger partial charge in [0.1, 0.15) is 5.15 Å². The monoisotopic (exact) mass is 312 g/mol. The Balaban J connectivity index is 1.85. The second-order valence-electron chi connectivity index (χ2n) is 4.70. The molecule has 1 aromatic rings. The lowest BCUT2D eigenvalue weighted by atomic mass is 10.2. The number of aromatic nitrogens is 1. The minimum absolute atomic E-state index is 0.515. The van der Waals surface area contributed by atoms with Crippen molar-refractivity contribution >= 4 is 29.3 Å². The maximum absolute atomic E-state index is 5.77. The molecule has 1 atom stereocenters. The van der Waals surface area contributed by atoms with E-state index in [4.69, 9.17) is 11.6 Å². The first kappa shape index (κ1) is 15.4. The highest BCUT2D eigenvalue weighted by molar-refractivity contribution is 8.00. The molecule has 0 amide bonds. The summed E-state index contributed by atoms with van der Waals surface area (Å²) in [6.07, 6.45) is 4.40. The van der Waals surface area contributed by atoms with Gasteiger partial charge < -0.3 is 10.6 Å². The van der Waals surface area contributed by atoms with Gasteiger partial charge in [-0.15, -0.1) is 0 Å². The molecule has 2 rings (SSSR count). The van der Waals surface area contributed by atoms with Crippen LogP contribution in [-0.2, 0) is 6.54 Å². The first-order chi connectivity index (χ1) is 9.78. The molecule has 1 aliphatic heterocycles. The highest BCUT2D eigenvalue weighted by atomic mass is 35.5. The molecule has 1 aliphatic rings. The molecule has 1 aromatic heterocycles. The van der Waals surface area contributed by atoms with Crippen molar-refractivity contribution in [3.05, 3.63) is 29.0 Å². The van der Waals surface area contributed by atoms with Gasteiger partial charge in [0.25, 0.3) is 0 Å². The summed E-state index contributed by atoms with van der Waals surface area (Å²) in [4.78, 5) is 8.64. The van der Waals surface area contributed by atoms with Crippen molar-refractivity contribution in [3.63, 3.8) is 0 Å². The van der Waals surface area contributed by atoms with Crippen molar-refractivity contribution in [2.45, 2.75) is 31.6 Å². The molecule has 0 bridgehead atoms. The third-order valence-corrected chi connectivity index (χ3v) is 4.70. The average molecular weight is 313 g/mol. The number of guanidine groups is 1. The molecule has 20 heavy (non-hydrogen) atoms. The van der Waals surface area contributed by atoms with E-state index in [0.29, 0.717) is 11.7 Å². The number of nitrogens with one attached hydrogen (secondary N) is 2. The van der Waals surface area contributed by atoms with Crippen LogP contribution in [0.25, 0.3) is 0 Å². The number of hydrogen-bond acceptors (Lipinski definition) is 3. The second-order valence-corrected chi connectivity index (χ2v) is 6.50. The van der Waals surface area contributed by atoms with E-state index in [1.54, 1.807) is 12.3 Å². The fraction of sp³-hybridized carbons (Fsp3) is 0.571. The van der Waals surface area contributed by atoms with E-state index < -0.39 is 0 Å². The second kappa shape index (κ2) is 8.37. The van der Waals surface area contributed by atoms with Gasteiger partial charge in [0.15, 0.2) is 5.96 Å². The van der Waals surface area contributed by atoms with E-state index in [1.165, 1.54) is 18.6 Å². The Labute approximate surface area is 129 Å². The Bertz CT molecular complexity index is 429. The summed E-state index contributed by atoms with van der Waals surface area (Å²) < 4.78 is 0. The van der Waals surface area contributed by atoms with Crippen LogP contribution in [-0.4, -0.2) is 35.0 Å². The van der Waals surface area contributed by atoms with E-state index in [-0.39, 0.29) is 0 Å². The van der Waals surface area contributed by atoms with Crippen LogP contribution in [0.5, 0.6) is 0 Å². The molecule has 1 fully saturated rings. The molecule has 2 heterocycles. The fourth-order valence-electron chi connectivity index (χ4n) is 2.03. The Morgan fingerprint density at radius 1 is 1.50 bits per heavy atom. The number of hydrogen-bond donors (Lipinski definition) is 2. The van der Waals surface area contributed by atoms with Gasteiger partial charge in [0.05, 0.1) is 6.54 Å². The molecule has 1 saturated heterocycles. The Morgan fingerprint density at radius 2 is 2.40 bits per heavy atom. The van der Waals surface area contributed by atoms with Crippen molar-refractivity contribution in [1.29, 1.82) is 0 Å². The molecule has 6 heteroatoms. The fourth-order valence-corrected chi connectivity index (χ4v) is 3.34. The first-order valence-corrected chi connectivity index (χ1v) is 8.45. The van der Waals surface area contributed by atoms with Gasteiger partial charge in [0.2, 0.25) is 0 Å². The number of pyridine rings is 1. The highest BCUT2D eigenvalue weighted by Crippen LogP contribution is 2.25. The summed E-state index contributed by atoms with van der Waals surface area (Å²) in [6.45, 7) is 4.53. The van der Waals surface area contributed by atoms with Gasteiger partial charge in [-0.1, -0.05) is 17.7 Å². The van der Waals surface area contributed by atoms with E-state index in [9.17, 15) is 0 Å². The van der Waals surface area contributed by atoms with Gasteiger partial charge in [-0.3, -0.25) is 0 Å². The molecule has 2 N–H and O–H groups in total. The molecule has 4 nitrogen and oxygen atoms in total. The van der Waals surface area contributed by atoms with E-state index >= 15 is 0 Å². The van der Waals surface area contributed by atoms with E-state index in [2.05, 4.69) is 27.5 Å².